The quantitative estimate of drug-likeness (QED) is 0.862. The van der Waals surface area contributed by atoms with Gasteiger partial charge in [-0.05, 0) is 38.1 Å². The summed E-state index contributed by atoms with van der Waals surface area (Å²) >= 11 is 0. The Bertz CT molecular complexity index is 742. The minimum absolute atomic E-state index is 0.164. The van der Waals surface area contributed by atoms with E-state index in [1.807, 2.05) is 24.3 Å². The van der Waals surface area contributed by atoms with E-state index in [9.17, 15) is 4.79 Å². The SMILES string of the molecule is O=C(N/N=C1\CN2CCC1CC2)c1ccnc2ccccc12. The van der Waals surface area contributed by atoms with Gasteiger partial charge in [0.15, 0.2) is 0 Å². The van der Waals surface area contributed by atoms with Gasteiger partial charge in [-0.2, -0.15) is 5.10 Å². The first-order valence-electron chi connectivity index (χ1n) is 7.74. The number of hydrogen-bond acceptors (Lipinski definition) is 4. The zero-order valence-electron chi connectivity index (χ0n) is 12.3. The van der Waals surface area contributed by atoms with Crippen LogP contribution in [-0.2, 0) is 0 Å². The summed E-state index contributed by atoms with van der Waals surface area (Å²) < 4.78 is 0. The molecule has 112 valence electrons. The number of hydrogen-bond donors (Lipinski definition) is 1. The molecule has 3 saturated heterocycles. The third-order valence-electron chi connectivity index (χ3n) is 4.64. The van der Waals surface area contributed by atoms with Crippen LogP contribution in [0.5, 0.6) is 0 Å². The van der Waals surface area contributed by atoms with Gasteiger partial charge in [0.1, 0.15) is 0 Å². The van der Waals surface area contributed by atoms with Gasteiger partial charge < -0.3 is 0 Å². The third kappa shape index (κ3) is 2.37. The van der Waals surface area contributed by atoms with Crippen LogP contribution >= 0.6 is 0 Å². The van der Waals surface area contributed by atoms with Gasteiger partial charge in [0, 0.05) is 24.0 Å². The van der Waals surface area contributed by atoms with Crippen molar-refractivity contribution in [1.82, 2.24) is 15.3 Å². The molecule has 3 fully saturated rings. The lowest BCUT2D eigenvalue weighted by Crippen LogP contribution is -2.48. The summed E-state index contributed by atoms with van der Waals surface area (Å²) in [4.78, 5) is 19.1. The van der Waals surface area contributed by atoms with Crippen molar-refractivity contribution in [3.63, 3.8) is 0 Å². The Labute approximate surface area is 129 Å². The van der Waals surface area contributed by atoms with E-state index in [0.29, 0.717) is 11.5 Å². The predicted molar refractivity (Wildman–Crippen MR) is 85.8 cm³/mol. The van der Waals surface area contributed by atoms with Crippen LogP contribution in [0.1, 0.15) is 23.2 Å². The van der Waals surface area contributed by atoms with Gasteiger partial charge in [0.25, 0.3) is 5.91 Å². The van der Waals surface area contributed by atoms with Gasteiger partial charge in [0.05, 0.1) is 16.8 Å². The lowest BCUT2D eigenvalue weighted by molar-refractivity contribution is 0.0955. The summed E-state index contributed by atoms with van der Waals surface area (Å²) in [6, 6.07) is 9.41. The fourth-order valence-corrected chi connectivity index (χ4v) is 3.39. The molecule has 3 aliphatic rings. The van der Waals surface area contributed by atoms with Gasteiger partial charge in [-0.25, -0.2) is 5.43 Å². The van der Waals surface area contributed by atoms with E-state index >= 15 is 0 Å². The van der Waals surface area contributed by atoms with Crippen LogP contribution in [-0.4, -0.2) is 41.1 Å². The zero-order valence-corrected chi connectivity index (χ0v) is 12.3. The zero-order chi connectivity index (χ0) is 14.9. The van der Waals surface area contributed by atoms with Crippen LogP contribution in [0.2, 0.25) is 0 Å². The summed E-state index contributed by atoms with van der Waals surface area (Å²) in [5.74, 6) is 0.377. The number of rotatable bonds is 2. The highest BCUT2D eigenvalue weighted by molar-refractivity contribution is 6.06. The second kappa shape index (κ2) is 5.50. The highest BCUT2D eigenvalue weighted by Gasteiger charge is 2.31. The molecule has 0 spiro atoms. The van der Waals surface area contributed by atoms with E-state index in [0.717, 1.165) is 49.1 Å². The van der Waals surface area contributed by atoms with Crippen molar-refractivity contribution < 1.29 is 4.79 Å². The van der Waals surface area contributed by atoms with Gasteiger partial charge in [-0.3, -0.25) is 14.7 Å². The fraction of sp³-hybridized carbons (Fsp3) is 0.353. The third-order valence-corrected chi connectivity index (χ3v) is 4.64. The molecular formula is C17H18N4O. The van der Waals surface area contributed by atoms with Crippen molar-refractivity contribution >= 4 is 22.5 Å². The number of para-hydroxylation sites is 1. The maximum absolute atomic E-state index is 12.4. The molecule has 1 aromatic carbocycles. The Morgan fingerprint density at radius 3 is 2.82 bits per heavy atom. The van der Waals surface area contributed by atoms with Gasteiger partial charge in [-0.15, -0.1) is 0 Å². The van der Waals surface area contributed by atoms with E-state index in [1.54, 1.807) is 12.3 Å². The number of nitrogens with one attached hydrogen (secondary N) is 1. The first kappa shape index (κ1) is 13.4. The van der Waals surface area contributed by atoms with Gasteiger partial charge in [-0.1, -0.05) is 18.2 Å². The molecule has 2 bridgehead atoms. The standard InChI is InChI=1S/C17H18N4O/c22-17(14-5-8-18-15-4-2-1-3-13(14)15)20-19-16-11-21-9-6-12(16)7-10-21/h1-5,8,12H,6-7,9-11H2,(H,20,22)/b19-16+. The molecule has 0 unspecified atom stereocenters. The number of benzene rings is 1. The monoisotopic (exact) mass is 294 g/mol. The fourth-order valence-electron chi connectivity index (χ4n) is 3.39. The largest absolute Gasteiger partial charge is 0.298 e. The van der Waals surface area contributed by atoms with Crippen LogP contribution < -0.4 is 5.43 Å². The Morgan fingerprint density at radius 1 is 1.23 bits per heavy atom. The van der Waals surface area contributed by atoms with E-state index in [-0.39, 0.29) is 5.91 Å². The molecule has 5 nitrogen and oxygen atoms in total. The first-order valence-corrected chi connectivity index (χ1v) is 7.74. The van der Waals surface area contributed by atoms with Crippen molar-refractivity contribution in [2.75, 3.05) is 19.6 Å². The molecule has 0 atom stereocenters. The van der Waals surface area contributed by atoms with E-state index in [4.69, 9.17) is 0 Å². The molecule has 3 aliphatic heterocycles. The van der Waals surface area contributed by atoms with Crippen molar-refractivity contribution in [3.05, 3.63) is 42.1 Å². The van der Waals surface area contributed by atoms with Crippen LogP contribution in [0.3, 0.4) is 0 Å². The van der Waals surface area contributed by atoms with E-state index < -0.39 is 0 Å². The van der Waals surface area contributed by atoms with E-state index in [1.165, 1.54) is 0 Å². The number of piperidine rings is 3. The number of amides is 1. The van der Waals surface area contributed by atoms with Crippen molar-refractivity contribution in [3.8, 4) is 0 Å². The van der Waals surface area contributed by atoms with Crippen molar-refractivity contribution in [2.24, 2.45) is 11.0 Å². The lowest BCUT2D eigenvalue weighted by Gasteiger charge is -2.39. The number of carbonyl (C=O) groups excluding carboxylic acids is 1. The summed E-state index contributed by atoms with van der Waals surface area (Å²) in [6.07, 6.45) is 3.98. The summed E-state index contributed by atoms with van der Waals surface area (Å²) in [5, 5.41) is 5.26. The summed E-state index contributed by atoms with van der Waals surface area (Å²) in [5.41, 5.74) is 5.30. The molecule has 1 N–H and O–H groups in total. The summed E-state index contributed by atoms with van der Waals surface area (Å²) in [7, 11) is 0. The number of hydrazone groups is 1. The Balaban J connectivity index is 1.57. The van der Waals surface area contributed by atoms with Gasteiger partial charge in [0.2, 0.25) is 0 Å². The summed E-state index contributed by atoms with van der Waals surface area (Å²) in [6.45, 7) is 3.21. The normalized spacial score (nSPS) is 25.5. The highest BCUT2D eigenvalue weighted by atomic mass is 16.2. The topological polar surface area (TPSA) is 57.6 Å². The molecule has 22 heavy (non-hydrogen) atoms. The number of fused-ring (bicyclic) bond motifs is 4. The molecular weight excluding hydrogens is 276 g/mol. The van der Waals surface area contributed by atoms with Crippen LogP contribution in [0, 0.1) is 5.92 Å². The molecule has 4 heterocycles. The molecule has 5 heteroatoms. The molecule has 0 aliphatic carbocycles. The minimum Gasteiger partial charge on any atom is -0.298 e. The molecule has 1 amide bonds. The smallest absolute Gasteiger partial charge is 0.272 e. The Morgan fingerprint density at radius 2 is 2.05 bits per heavy atom. The maximum atomic E-state index is 12.4. The lowest BCUT2D eigenvalue weighted by atomic mass is 9.87. The molecule has 1 aromatic heterocycles. The van der Waals surface area contributed by atoms with Crippen LogP contribution in [0.25, 0.3) is 10.9 Å². The van der Waals surface area contributed by atoms with Crippen molar-refractivity contribution in [2.45, 2.75) is 12.8 Å². The van der Waals surface area contributed by atoms with E-state index in [2.05, 4.69) is 20.4 Å². The van der Waals surface area contributed by atoms with Crippen molar-refractivity contribution in [1.29, 1.82) is 0 Å². The number of aromatic nitrogens is 1. The second-order valence-corrected chi connectivity index (χ2v) is 5.97. The minimum atomic E-state index is -0.164. The van der Waals surface area contributed by atoms with Crippen LogP contribution in [0.4, 0.5) is 0 Å². The Kier molecular flexibility index (Phi) is 3.35. The molecule has 5 rings (SSSR count). The second-order valence-electron chi connectivity index (χ2n) is 5.97. The number of pyridine rings is 1. The highest BCUT2D eigenvalue weighted by Crippen LogP contribution is 2.25. The van der Waals surface area contributed by atoms with Crippen LogP contribution in [0.15, 0.2) is 41.6 Å². The first-order chi connectivity index (χ1) is 10.8. The molecule has 0 radical (unpaired) electrons. The average molecular weight is 294 g/mol. The Hall–Kier alpha value is -2.27. The number of nitrogens with zero attached hydrogens (tertiary/aromatic N) is 3. The molecule has 2 aromatic rings. The van der Waals surface area contributed by atoms with Gasteiger partial charge >= 0.3 is 0 Å². The molecule has 0 saturated carbocycles. The maximum Gasteiger partial charge on any atom is 0.272 e. The number of carbonyl (C=O) groups is 1. The predicted octanol–water partition coefficient (Wildman–Crippen LogP) is 2.05. The average Bonchev–Trinajstić information content (AvgIpc) is 2.60.